The summed E-state index contributed by atoms with van der Waals surface area (Å²) in [6.07, 6.45) is 0.637. The van der Waals surface area contributed by atoms with Gasteiger partial charge < -0.3 is 9.47 Å². The summed E-state index contributed by atoms with van der Waals surface area (Å²) in [6.45, 7) is 0.513. The lowest BCUT2D eigenvalue weighted by atomic mass is 10.1. The van der Waals surface area contributed by atoms with Crippen molar-refractivity contribution < 1.29 is 14.3 Å². The zero-order valence-electron chi connectivity index (χ0n) is 7.05. The zero-order chi connectivity index (χ0) is 10.1. The van der Waals surface area contributed by atoms with Gasteiger partial charge in [-0.2, -0.15) is 0 Å². The second-order valence-corrected chi connectivity index (χ2v) is 3.59. The minimum atomic E-state index is 0.131. The highest BCUT2D eigenvalue weighted by Crippen LogP contribution is 2.37. The Labute approximate surface area is 90.5 Å². The number of carbonyl (C=O) groups is 1. The molecule has 14 heavy (non-hydrogen) atoms. The Morgan fingerprint density at radius 1 is 1.43 bits per heavy atom. The van der Waals surface area contributed by atoms with Crippen LogP contribution in [0.25, 0.3) is 0 Å². The maximum absolute atomic E-state index is 10.8. The number of halogens is 2. The van der Waals surface area contributed by atoms with Crippen LogP contribution >= 0.6 is 23.2 Å². The highest BCUT2D eigenvalue weighted by molar-refractivity contribution is 6.43. The molecular weight excluding hydrogens is 227 g/mol. The third-order valence-corrected chi connectivity index (χ3v) is 2.75. The third kappa shape index (κ3) is 1.47. The smallest absolute Gasteiger partial charge is 0.189 e. The molecule has 1 aromatic rings. The number of hydrogen-bond donors (Lipinski definition) is 0. The maximum Gasteiger partial charge on any atom is 0.189 e. The molecule has 0 unspecified atom stereocenters. The van der Waals surface area contributed by atoms with E-state index < -0.39 is 0 Å². The van der Waals surface area contributed by atoms with E-state index in [1.54, 1.807) is 6.07 Å². The van der Waals surface area contributed by atoms with Gasteiger partial charge in [0.25, 0.3) is 0 Å². The SMILES string of the molecule is O=Cc1c(Cl)c(Cl)cc2c1OCOC2. The standard InChI is InChI=1S/C9H6Cl2O3/c10-7-1-5-3-13-4-14-9(5)6(2-12)8(7)11/h1-2H,3-4H2. The number of ether oxygens (including phenoxy) is 2. The fourth-order valence-electron chi connectivity index (χ4n) is 1.32. The van der Waals surface area contributed by atoms with Crippen LogP contribution in [0.2, 0.25) is 10.0 Å². The van der Waals surface area contributed by atoms with Crippen LogP contribution in [0.4, 0.5) is 0 Å². The van der Waals surface area contributed by atoms with E-state index in [2.05, 4.69) is 0 Å². The Bertz CT molecular complexity index is 390. The summed E-state index contributed by atoms with van der Waals surface area (Å²) in [6, 6.07) is 1.64. The van der Waals surface area contributed by atoms with Crippen LogP contribution in [0, 0.1) is 0 Å². The maximum atomic E-state index is 10.8. The minimum Gasteiger partial charge on any atom is -0.466 e. The van der Waals surface area contributed by atoms with E-state index in [1.807, 2.05) is 0 Å². The number of benzene rings is 1. The van der Waals surface area contributed by atoms with E-state index in [9.17, 15) is 4.79 Å². The largest absolute Gasteiger partial charge is 0.466 e. The van der Waals surface area contributed by atoms with Crippen molar-refractivity contribution in [2.24, 2.45) is 0 Å². The number of hydrogen-bond acceptors (Lipinski definition) is 3. The average molecular weight is 233 g/mol. The van der Waals surface area contributed by atoms with Crippen molar-refractivity contribution in [1.29, 1.82) is 0 Å². The summed E-state index contributed by atoms with van der Waals surface area (Å²) >= 11 is 11.7. The first-order valence-electron chi connectivity index (χ1n) is 3.90. The van der Waals surface area contributed by atoms with E-state index in [-0.39, 0.29) is 17.4 Å². The molecule has 0 spiro atoms. The Balaban J connectivity index is 2.65. The van der Waals surface area contributed by atoms with Crippen molar-refractivity contribution in [2.75, 3.05) is 6.79 Å². The normalized spacial score (nSPS) is 14.4. The fraction of sp³-hybridized carbons (Fsp3) is 0.222. The average Bonchev–Trinajstić information content (AvgIpc) is 2.20. The van der Waals surface area contributed by atoms with Crippen molar-refractivity contribution in [2.45, 2.75) is 6.61 Å². The molecule has 0 atom stereocenters. The predicted molar refractivity (Wildman–Crippen MR) is 52.1 cm³/mol. The van der Waals surface area contributed by atoms with E-state index in [0.717, 1.165) is 5.56 Å². The van der Waals surface area contributed by atoms with Gasteiger partial charge in [0.1, 0.15) is 5.75 Å². The van der Waals surface area contributed by atoms with Crippen LogP contribution < -0.4 is 4.74 Å². The summed E-state index contributed by atoms with van der Waals surface area (Å²) in [4.78, 5) is 10.8. The van der Waals surface area contributed by atoms with E-state index in [1.165, 1.54) is 0 Å². The molecule has 0 bridgehead atoms. The summed E-state index contributed by atoms with van der Waals surface area (Å²) in [7, 11) is 0. The molecule has 0 radical (unpaired) electrons. The van der Waals surface area contributed by atoms with Crippen LogP contribution in [0.5, 0.6) is 5.75 Å². The molecule has 1 aliphatic rings. The molecule has 2 rings (SSSR count). The Hall–Kier alpha value is -0.770. The van der Waals surface area contributed by atoms with Crippen molar-refractivity contribution in [3.63, 3.8) is 0 Å². The van der Waals surface area contributed by atoms with Gasteiger partial charge >= 0.3 is 0 Å². The summed E-state index contributed by atoms with van der Waals surface area (Å²) < 4.78 is 10.2. The Morgan fingerprint density at radius 3 is 2.93 bits per heavy atom. The number of fused-ring (bicyclic) bond motifs is 1. The molecule has 0 saturated carbocycles. The van der Waals surface area contributed by atoms with E-state index >= 15 is 0 Å². The molecule has 0 N–H and O–H groups in total. The van der Waals surface area contributed by atoms with E-state index in [0.29, 0.717) is 23.7 Å². The number of aldehydes is 1. The van der Waals surface area contributed by atoms with Crippen LogP contribution in [0.1, 0.15) is 15.9 Å². The van der Waals surface area contributed by atoms with Crippen molar-refractivity contribution in [1.82, 2.24) is 0 Å². The lowest BCUT2D eigenvalue weighted by Crippen LogP contribution is -2.13. The molecule has 3 nitrogen and oxygen atoms in total. The highest BCUT2D eigenvalue weighted by Gasteiger charge is 2.19. The van der Waals surface area contributed by atoms with Gasteiger partial charge in [-0.3, -0.25) is 4.79 Å². The van der Waals surface area contributed by atoms with Gasteiger partial charge in [-0.1, -0.05) is 23.2 Å². The fourth-order valence-corrected chi connectivity index (χ4v) is 1.74. The van der Waals surface area contributed by atoms with Gasteiger partial charge in [0.05, 0.1) is 22.2 Å². The Morgan fingerprint density at radius 2 is 2.21 bits per heavy atom. The van der Waals surface area contributed by atoms with E-state index in [4.69, 9.17) is 32.7 Å². The molecular formula is C9H6Cl2O3. The molecule has 1 aromatic carbocycles. The van der Waals surface area contributed by atoms with Crippen LogP contribution in [-0.4, -0.2) is 13.1 Å². The van der Waals surface area contributed by atoms with Crippen molar-refractivity contribution >= 4 is 29.5 Å². The number of carbonyl (C=O) groups excluding carboxylic acids is 1. The lowest BCUT2D eigenvalue weighted by Gasteiger charge is -2.20. The predicted octanol–water partition coefficient (Wildman–Crippen LogP) is 2.67. The second-order valence-electron chi connectivity index (χ2n) is 2.80. The first-order chi connectivity index (χ1) is 6.74. The van der Waals surface area contributed by atoms with Gasteiger partial charge in [0, 0.05) is 5.56 Å². The molecule has 0 fully saturated rings. The summed E-state index contributed by atoms with van der Waals surface area (Å²) in [5, 5.41) is 0.559. The first-order valence-corrected chi connectivity index (χ1v) is 4.66. The highest BCUT2D eigenvalue weighted by atomic mass is 35.5. The van der Waals surface area contributed by atoms with Gasteiger partial charge in [-0.25, -0.2) is 0 Å². The molecule has 5 heteroatoms. The summed E-state index contributed by atoms with van der Waals surface area (Å²) in [5.41, 5.74) is 1.03. The molecule has 0 aliphatic carbocycles. The third-order valence-electron chi connectivity index (χ3n) is 1.95. The summed E-state index contributed by atoms with van der Waals surface area (Å²) in [5.74, 6) is 0.473. The van der Waals surface area contributed by atoms with Crippen LogP contribution in [-0.2, 0) is 11.3 Å². The van der Waals surface area contributed by atoms with Gasteiger partial charge in [-0.15, -0.1) is 0 Å². The zero-order valence-corrected chi connectivity index (χ0v) is 8.56. The molecule has 74 valence electrons. The quantitative estimate of drug-likeness (QED) is 0.699. The molecule has 0 aromatic heterocycles. The molecule has 1 heterocycles. The monoisotopic (exact) mass is 232 g/mol. The molecule has 1 aliphatic heterocycles. The Kier molecular flexibility index (Phi) is 2.63. The van der Waals surface area contributed by atoms with Crippen molar-refractivity contribution in [3.8, 4) is 5.75 Å². The van der Waals surface area contributed by atoms with Gasteiger partial charge in [0.2, 0.25) is 0 Å². The second kappa shape index (κ2) is 3.77. The van der Waals surface area contributed by atoms with Crippen LogP contribution in [0.15, 0.2) is 6.07 Å². The minimum absolute atomic E-state index is 0.131. The van der Waals surface area contributed by atoms with Crippen molar-refractivity contribution in [3.05, 3.63) is 27.2 Å². The van der Waals surface area contributed by atoms with Gasteiger partial charge in [0.15, 0.2) is 13.1 Å². The number of rotatable bonds is 1. The molecule has 0 amide bonds. The topological polar surface area (TPSA) is 35.5 Å². The first kappa shape index (κ1) is 9.77. The van der Waals surface area contributed by atoms with Crippen LogP contribution in [0.3, 0.4) is 0 Å². The van der Waals surface area contributed by atoms with Gasteiger partial charge in [-0.05, 0) is 6.07 Å². The molecule has 0 saturated heterocycles. The lowest BCUT2D eigenvalue weighted by molar-refractivity contribution is -0.0166.